The van der Waals surface area contributed by atoms with Crippen LogP contribution in [0.4, 0.5) is 11.5 Å². The standard InChI is InChI=1S/C16H17N3O2/c1-11(20)12-5-4-6-14(9-12)18-15-8-7-13(10-17-15)16(21)19(2)3/h4-10H,1-3H3,(H,17,18). The molecule has 5 nitrogen and oxygen atoms in total. The summed E-state index contributed by atoms with van der Waals surface area (Å²) in [5, 5.41) is 3.11. The van der Waals surface area contributed by atoms with Gasteiger partial charge in [0.05, 0.1) is 5.56 Å². The number of ketones is 1. The Bertz CT molecular complexity index is 663. The van der Waals surface area contributed by atoms with E-state index < -0.39 is 0 Å². The summed E-state index contributed by atoms with van der Waals surface area (Å²) in [4.78, 5) is 28.8. The van der Waals surface area contributed by atoms with Gasteiger partial charge in [-0.1, -0.05) is 12.1 Å². The van der Waals surface area contributed by atoms with Gasteiger partial charge in [-0.25, -0.2) is 4.98 Å². The molecule has 1 N–H and O–H groups in total. The summed E-state index contributed by atoms with van der Waals surface area (Å²) in [5.41, 5.74) is 1.95. The lowest BCUT2D eigenvalue weighted by Crippen LogP contribution is -2.21. The van der Waals surface area contributed by atoms with Crippen LogP contribution < -0.4 is 5.32 Å². The number of amides is 1. The maximum Gasteiger partial charge on any atom is 0.254 e. The molecular weight excluding hydrogens is 266 g/mol. The second-order valence-electron chi connectivity index (χ2n) is 4.89. The zero-order valence-corrected chi connectivity index (χ0v) is 12.3. The number of aromatic nitrogens is 1. The van der Waals surface area contributed by atoms with Gasteiger partial charge in [0.15, 0.2) is 5.78 Å². The SMILES string of the molecule is CC(=O)c1cccc(Nc2ccc(C(=O)N(C)C)cn2)c1. The molecule has 2 rings (SSSR count). The Labute approximate surface area is 123 Å². The molecular formula is C16H17N3O2. The van der Waals surface area contributed by atoms with Gasteiger partial charge in [-0.15, -0.1) is 0 Å². The molecule has 0 bridgehead atoms. The summed E-state index contributed by atoms with van der Waals surface area (Å²) in [6.07, 6.45) is 1.53. The minimum atomic E-state index is -0.0902. The van der Waals surface area contributed by atoms with E-state index in [1.807, 2.05) is 12.1 Å². The molecule has 21 heavy (non-hydrogen) atoms. The van der Waals surface area contributed by atoms with E-state index >= 15 is 0 Å². The molecule has 1 heterocycles. The minimum Gasteiger partial charge on any atom is -0.345 e. The highest BCUT2D eigenvalue weighted by Gasteiger charge is 2.08. The van der Waals surface area contributed by atoms with Crippen LogP contribution >= 0.6 is 0 Å². The highest BCUT2D eigenvalue weighted by molar-refractivity contribution is 5.95. The largest absolute Gasteiger partial charge is 0.345 e. The molecule has 0 fully saturated rings. The molecule has 0 saturated heterocycles. The van der Waals surface area contributed by atoms with Gasteiger partial charge in [0.25, 0.3) is 5.91 Å². The summed E-state index contributed by atoms with van der Waals surface area (Å²) >= 11 is 0. The number of hydrogen-bond acceptors (Lipinski definition) is 4. The number of Topliss-reactive ketones (excluding diaryl/α,β-unsaturated/α-hetero) is 1. The lowest BCUT2D eigenvalue weighted by atomic mass is 10.1. The first kappa shape index (κ1) is 14.7. The first-order valence-corrected chi connectivity index (χ1v) is 6.53. The second kappa shape index (κ2) is 6.17. The topological polar surface area (TPSA) is 62.3 Å². The van der Waals surface area contributed by atoms with Crippen molar-refractivity contribution in [1.29, 1.82) is 0 Å². The van der Waals surface area contributed by atoms with Crippen molar-refractivity contribution in [3.8, 4) is 0 Å². The number of nitrogens with zero attached hydrogens (tertiary/aromatic N) is 2. The van der Waals surface area contributed by atoms with Crippen molar-refractivity contribution in [3.05, 3.63) is 53.7 Å². The van der Waals surface area contributed by atoms with E-state index in [1.54, 1.807) is 38.4 Å². The van der Waals surface area contributed by atoms with Crippen LogP contribution in [0.5, 0.6) is 0 Å². The number of rotatable bonds is 4. The molecule has 1 aromatic carbocycles. The lowest BCUT2D eigenvalue weighted by molar-refractivity contribution is 0.0827. The van der Waals surface area contributed by atoms with Gasteiger partial charge < -0.3 is 10.2 Å². The van der Waals surface area contributed by atoms with Crippen LogP contribution in [-0.2, 0) is 0 Å². The monoisotopic (exact) mass is 283 g/mol. The second-order valence-corrected chi connectivity index (χ2v) is 4.89. The molecule has 1 amide bonds. The third-order valence-electron chi connectivity index (χ3n) is 2.96. The molecule has 0 spiro atoms. The van der Waals surface area contributed by atoms with E-state index in [9.17, 15) is 9.59 Å². The Hall–Kier alpha value is -2.69. The normalized spacial score (nSPS) is 10.0. The Morgan fingerprint density at radius 1 is 1.10 bits per heavy atom. The predicted molar refractivity (Wildman–Crippen MR) is 82.0 cm³/mol. The molecule has 0 atom stereocenters. The Morgan fingerprint density at radius 2 is 1.86 bits per heavy atom. The summed E-state index contributed by atoms with van der Waals surface area (Å²) in [6.45, 7) is 1.53. The average Bonchev–Trinajstić information content (AvgIpc) is 2.47. The van der Waals surface area contributed by atoms with Gasteiger partial charge in [-0.2, -0.15) is 0 Å². The number of hydrogen-bond donors (Lipinski definition) is 1. The van der Waals surface area contributed by atoms with Crippen LogP contribution in [0.3, 0.4) is 0 Å². The van der Waals surface area contributed by atoms with Crippen molar-refractivity contribution in [2.45, 2.75) is 6.92 Å². The summed E-state index contributed by atoms with van der Waals surface area (Å²) < 4.78 is 0. The highest BCUT2D eigenvalue weighted by atomic mass is 16.2. The van der Waals surface area contributed by atoms with Crippen molar-refractivity contribution in [2.24, 2.45) is 0 Å². The van der Waals surface area contributed by atoms with E-state index in [4.69, 9.17) is 0 Å². The zero-order chi connectivity index (χ0) is 15.4. The molecule has 0 saturated carbocycles. The van der Waals surface area contributed by atoms with Crippen molar-refractivity contribution < 1.29 is 9.59 Å². The average molecular weight is 283 g/mol. The number of nitrogens with one attached hydrogen (secondary N) is 1. The van der Waals surface area contributed by atoms with Crippen LogP contribution in [-0.4, -0.2) is 35.7 Å². The third-order valence-corrected chi connectivity index (χ3v) is 2.96. The van der Waals surface area contributed by atoms with E-state index in [-0.39, 0.29) is 11.7 Å². The first-order valence-electron chi connectivity index (χ1n) is 6.53. The Morgan fingerprint density at radius 3 is 2.43 bits per heavy atom. The van der Waals surface area contributed by atoms with E-state index in [0.29, 0.717) is 16.9 Å². The van der Waals surface area contributed by atoms with Crippen LogP contribution in [0.2, 0.25) is 0 Å². The maximum absolute atomic E-state index is 11.8. The molecule has 2 aromatic rings. The molecule has 0 unspecified atom stereocenters. The number of anilines is 2. The first-order chi connectivity index (χ1) is 9.97. The highest BCUT2D eigenvalue weighted by Crippen LogP contribution is 2.17. The fourth-order valence-electron chi connectivity index (χ4n) is 1.82. The number of carbonyl (C=O) groups is 2. The molecule has 108 valence electrons. The molecule has 0 aliphatic heterocycles. The fraction of sp³-hybridized carbons (Fsp3) is 0.188. The number of carbonyl (C=O) groups excluding carboxylic acids is 2. The van der Waals surface area contributed by atoms with Gasteiger partial charge in [0.1, 0.15) is 5.82 Å². The smallest absolute Gasteiger partial charge is 0.254 e. The summed E-state index contributed by atoms with van der Waals surface area (Å²) in [7, 11) is 3.39. The van der Waals surface area contributed by atoms with Crippen molar-refractivity contribution in [1.82, 2.24) is 9.88 Å². The summed E-state index contributed by atoms with van der Waals surface area (Å²) in [6, 6.07) is 10.6. The van der Waals surface area contributed by atoms with Gasteiger partial charge in [0, 0.05) is 31.5 Å². The summed E-state index contributed by atoms with van der Waals surface area (Å²) in [5.74, 6) is 0.539. The van der Waals surface area contributed by atoms with Crippen LogP contribution in [0.25, 0.3) is 0 Å². The van der Waals surface area contributed by atoms with Crippen LogP contribution in [0.15, 0.2) is 42.6 Å². The zero-order valence-electron chi connectivity index (χ0n) is 12.3. The van der Waals surface area contributed by atoms with Gasteiger partial charge in [-0.05, 0) is 31.2 Å². The van der Waals surface area contributed by atoms with Crippen LogP contribution in [0, 0.1) is 0 Å². The van der Waals surface area contributed by atoms with E-state index in [1.165, 1.54) is 18.0 Å². The molecule has 0 aliphatic rings. The number of pyridine rings is 1. The Kier molecular flexibility index (Phi) is 4.33. The molecule has 0 aliphatic carbocycles. The van der Waals surface area contributed by atoms with Gasteiger partial charge in [0.2, 0.25) is 0 Å². The maximum atomic E-state index is 11.8. The number of benzene rings is 1. The minimum absolute atomic E-state index is 0.0125. The fourth-order valence-corrected chi connectivity index (χ4v) is 1.82. The van der Waals surface area contributed by atoms with E-state index in [2.05, 4.69) is 10.3 Å². The van der Waals surface area contributed by atoms with E-state index in [0.717, 1.165) is 5.69 Å². The van der Waals surface area contributed by atoms with Gasteiger partial charge >= 0.3 is 0 Å². The van der Waals surface area contributed by atoms with Crippen molar-refractivity contribution in [2.75, 3.05) is 19.4 Å². The molecule has 5 heteroatoms. The van der Waals surface area contributed by atoms with Crippen LogP contribution in [0.1, 0.15) is 27.6 Å². The molecule has 0 radical (unpaired) electrons. The molecule has 1 aromatic heterocycles. The quantitative estimate of drug-likeness (QED) is 0.876. The predicted octanol–water partition coefficient (Wildman–Crippen LogP) is 2.73. The Balaban J connectivity index is 2.15. The third kappa shape index (κ3) is 3.66. The lowest BCUT2D eigenvalue weighted by Gasteiger charge is -2.11. The van der Waals surface area contributed by atoms with Gasteiger partial charge in [-0.3, -0.25) is 9.59 Å². The van der Waals surface area contributed by atoms with Crippen molar-refractivity contribution in [3.63, 3.8) is 0 Å². The van der Waals surface area contributed by atoms with Crippen molar-refractivity contribution >= 4 is 23.2 Å².